The van der Waals surface area contributed by atoms with Crippen molar-refractivity contribution in [2.45, 2.75) is 36.6 Å². The Labute approximate surface area is 216 Å². The van der Waals surface area contributed by atoms with Crippen LogP contribution in [-0.2, 0) is 28.2 Å². The number of nitrogens with one attached hydrogen (secondary N) is 4. The molecular formula is C23H32N6O4S2Si. The number of hydrogen-bond acceptors (Lipinski definition) is 9. The van der Waals surface area contributed by atoms with E-state index in [4.69, 9.17) is 15.6 Å². The summed E-state index contributed by atoms with van der Waals surface area (Å²) < 4.78 is 31.4. The Hall–Kier alpha value is -2.87. The maximum Gasteiger partial charge on any atom is 0.268 e. The van der Waals surface area contributed by atoms with Crippen LogP contribution in [0.3, 0.4) is 0 Å². The maximum absolute atomic E-state index is 13.1. The van der Waals surface area contributed by atoms with Gasteiger partial charge >= 0.3 is 0 Å². The second-order valence-electron chi connectivity index (χ2n) is 9.62. The Kier molecular flexibility index (Phi) is 8.49. The molecule has 10 nitrogen and oxygen atoms in total. The summed E-state index contributed by atoms with van der Waals surface area (Å²) in [4.78, 5) is 17.3. The summed E-state index contributed by atoms with van der Waals surface area (Å²) in [6.07, 6.45) is 3.35. The molecule has 1 aromatic carbocycles. The highest BCUT2D eigenvalue weighted by molar-refractivity contribution is 7.92. The summed E-state index contributed by atoms with van der Waals surface area (Å²) in [6, 6.07) is 6.60. The van der Waals surface area contributed by atoms with Gasteiger partial charge in [0.1, 0.15) is 12.4 Å². The number of thiazole rings is 1. The van der Waals surface area contributed by atoms with E-state index in [1.54, 1.807) is 7.05 Å². The van der Waals surface area contributed by atoms with Crippen LogP contribution in [0.5, 0.6) is 0 Å². The van der Waals surface area contributed by atoms with Gasteiger partial charge < -0.3 is 30.8 Å². The van der Waals surface area contributed by atoms with Crippen LogP contribution in [0.2, 0.25) is 25.7 Å². The molecule has 2 heterocycles. The molecule has 0 unspecified atom stereocenters. The average molecular weight is 549 g/mol. The third-order valence-electron chi connectivity index (χ3n) is 5.56. The number of ether oxygens (including phenoxy) is 1. The van der Waals surface area contributed by atoms with Gasteiger partial charge in [0, 0.05) is 63.8 Å². The SMILES string of the molecule is Cn1c(C(=O)NCc2cccc(NCOCC[Si](C)(C)C)c2C=N)c(C=N)c2sc(S(C)(=O)=O)nc21. The number of carbonyl (C=O) groups excluding carboxylic acids is 1. The standard InChI is InChI=1S/C23H32N6O4S2Si/c1-29-19(17(12-25)20-21(29)28-23(34-20)35(2,31)32)22(30)26-13-15-7-6-8-18(16(15)11-24)27-14-33-9-10-36(3,4)5/h6-8,11-12,24-25,27H,9-10,13-14H2,1-5H3,(H,26,30). The zero-order valence-electron chi connectivity index (χ0n) is 21.1. The van der Waals surface area contributed by atoms with Crippen molar-refractivity contribution in [2.75, 3.05) is 24.9 Å². The fourth-order valence-corrected chi connectivity index (χ4v) is 6.30. The molecule has 194 valence electrons. The number of fused-ring (bicyclic) bond motifs is 1. The van der Waals surface area contributed by atoms with Crippen LogP contribution < -0.4 is 10.6 Å². The van der Waals surface area contributed by atoms with Gasteiger partial charge in [-0.2, -0.15) is 0 Å². The van der Waals surface area contributed by atoms with E-state index < -0.39 is 23.8 Å². The highest BCUT2D eigenvalue weighted by atomic mass is 32.2. The molecule has 3 rings (SSSR count). The van der Waals surface area contributed by atoms with Gasteiger partial charge in [-0.25, -0.2) is 13.4 Å². The van der Waals surface area contributed by atoms with Crippen LogP contribution >= 0.6 is 11.3 Å². The molecule has 36 heavy (non-hydrogen) atoms. The van der Waals surface area contributed by atoms with Crippen LogP contribution in [0.1, 0.15) is 27.2 Å². The molecular weight excluding hydrogens is 517 g/mol. The highest BCUT2D eigenvalue weighted by Gasteiger charge is 2.25. The molecule has 0 saturated heterocycles. The van der Waals surface area contributed by atoms with Gasteiger partial charge in [0.25, 0.3) is 5.91 Å². The van der Waals surface area contributed by atoms with Crippen molar-refractivity contribution in [1.29, 1.82) is 10.8 Å². The summed E-state index contributed by atoms with van der Waals surface area (Å²) in [5, 5.41) is 21.8. The van der Waals surface area contributed by atoms with E-state index in [2.05, 4.69) is 35.3 Å². The average Bonchev–Trinajstić information content (AvgIpc) is 3.35. The minimum atomic E-state index is -3.50. The molecule has 1 amide bonds. The van der Waals surface area contributed by atoms with Crippen LogP contribution in [0.15, 0.2) is 22.5 Å². The van der Waals surface area contributed by atoms with Crippen molar-refractivity contribution in [2.24, 2.45) is 7.05 Å². The molecule has 4 N–H and O–H groups in total. The third-order valence-corrected chi connectivity index (χ3v) is 10.0. The Morgan fingerprint density at radius 3 is 2.53 bits per heavy atom. The zero-order valence-corrected chi connectivity index (χ0v) is 23.7. The van der Waals surface area contributed by atoms with E-state index in [-0.39, 0.29) is 16.6 Å². The van der Waals surface area contributed by atoms with Crippen molar-refractivity contribution in [3.8, 4) is 0 Å². The number of sulfone groups is 1. The quantitative estimate of drug-likeness (QED) is 0.117. The summed E-state index contributed by atoms with van der Waals surface area (Å²) in [7, 11) is -3.05. The molecule has 13 heteroatoms. The molecule has 0 aliphatic heterocycles. The number of rotatable bonds is 12. The van der Waals surface area contributed by atoms with E-state index in [9.17, 15) is 13.2 Å². The summed E-state index contributed by atoms with van der Waals surface area (Å²) in [5.41, 5.74) is 3.00. The predicted molar refractivity (Wildman–Crippen MR) is 148 cm³/mol. The first-order valence-electron chi connectivity index (χ1n) is 11.3. The van der Waals surface area contributed by atoms with Crippen molar-refractivity contribution < 1.29 is 17.9 Å². The maximum atomic E-state index is 13.1. The number of aromatic nitrogens is 2. The number of carbonyl (C=O) groups is 1. The molecule has 0 atom stereocenters. The lowest BCUT2D eigenvalue weighted by Gasteiger charge is -2.17. The fraction of sp³-hybridized carbons (Fsp3) is 0.391. The van der Waals surface area contributed by atoms with E-state index in [0.717, 1.165) is 41.1 Å². The predicted octanol–water partition coefficient (Wildman–Crippen LogP) is 3.69. The van der Waals surface area contributed by atoms with Crippen LogP contribution in [0, 0.1) is 10.8 Å². The normalized spacial score (nSPS) is 12.0. The minimum Gasteiger partial charge on any atom is -0.362 e. The van der Waals surface area contributed by atoms with Crippen molar-refractivity contribution >= 4 is 63.6 Å². The third kappa shape index (κ3) is 6.27. The van der Waals surface area contributed by atoms with Crippen molar-refractivity contribution in [1.82, 2.24) is 14.9 Å². The topological polar surface area (TPSA) is 150 Å². The van der Waals surface area contributed by atoms with E-state index in [1.807, 2.05) is 18.2 Å². The van der Waals surface area contributed by atoms with Gasteiger partial charge in [0.15, 0.2) is 5.65 Å². The Balaban J connectivity index is 1.75. The first-order chi connectivity index (χ1) is 16.9. The Morgan fingerprint density at radius 1 is 1.22 bits per heavy atom. The molecule has 0 spiro atoms. The van der Waals surface area contributed by atoms with Crippen LogP contribution in [0.4, 0.5) is 5.69 Å². The lowest BCUT2D eigenvalue weighted by Crippen LogP contribution is -2.26. The van der Waals surface area contributed by atoms with Gasteiger partial charge in [-0.15, -0.1) is 11.3 Å². The van der Waals surface area contributed by atoms with E-state index in [0.29, 0.717) is 34.8 Å². The summed E-state index contributed by atoms with van der Waals surface area (Å²) >= 11 is 0.944. The smallest absolute Gasteiger partial charge is 0.268 e. The Bertz CT molecular complexity index is 1410. The molecule has 0 aliphatic rings. The molecule has 0 saturated carbocycles. The van der Waals surface area contributed by atoms with Crippen LogP contribution in [-0.4, -0.2) is 64.0 Å². The van der Waals surface area contributed by atoms with Crippen molar-refractivity contribution in [3.05, 3.63) is 40.6 Å². The second kappa shape index (κ2) is 11.0. The lowest BCUT2D eigenvalue weighted by atomic mass is 10.1. The van der Waals surface area contributed by atoms with Gasteiger partial charge in [-0.1, -0.05) is 31.8 Å². The van der Waals surface area contributed by atoms with Gasteiger partial charge in [0.2, 0.25) is 14.2 Å². The van der Waals surface area contributed by atoms with Gasteiger partial charge in [-0.3, -0.25) is 4.79 Å². The highest BCUT2D eigenvalue weighted by Crippen LogP contribution is 2.31. The molecule has 3 aromatic rings. The molecule has 2 aromatic heterocycles. The second-order valence-corrected chi connectivity index (χ2v) is 18.4. The molecule has 0 aliphatic carbocycles. The minimum absolute atomic E-state index is 0.0532. The monoisotopic (exact) mass is 548 g/mol. The van der Waals surface area contributed by atoms with Gasteiger partial charge in [0.05, 0.1) is 4.70 Å². The number of benzene rings is 1. The number of hydrogen-bond donors (Lipinski definition) is 4. The molecule has 0 radical (unpaired) electrons. The zero-order chi connectivity index (χ0) is 26.7. The van der Waals surface area contributed by atoms with Gasteiger partial charge in [-0.05, 0) is 17.7 Å². The van der Waals surface area contributed by atoms with Crippen molar-refractivity contribution in [3.63, 3.8) is 0 Å². The molecule has 0 bridgehead atoms. The Morgan fingerprint density at radius 2 is 1.92 bits per heavy atom. The fourth-order valence-electron chi connectivity index (χ4n) is 3.59. The van der Waals surface area contributed by atoms with E-state index in [1.165, 1.54) is 10.8 Å². The number of nitrogens with zero attached hydrogens (tertiary/aromatic N) is 2. The summed E-state index contributed by atoms with van der Waals surface area (Å²) in [5.74, 6) is -0.425. The lowest BCUT2D eigenvalue weighted by molar-refractivity contribution is 0.0943. The molecule has 0 fully saturated rings. The number of amides is 1. The largest absolute Gasteiger partial charge is 0.362 e. The summed E-state index contributed by atoms with van der Waals surface area (Å²) in [6.45, 7) is 8.05. The first-order valence-corrected chi connectivity index (χ1v) is 17.7. The van der Waals surface area contributed by atoms with Crippen LogP contribution in [0.25, 0.3) is 10.3 Å². The number of aryl methyl sites for hydroxylation is 1. The first kappa shape index (κ1) is 27.7. The number of anilines is 1. The van der Waals surface area contributed by atoms with E-state index >= 15 is 0 Å².